The Labute approximate surface area is 72.0 Å². The number of rotatable bonds is 3. The summed E-state index contributed by atoms with van der Waals surface area (Å²) in [5, 5.41) is 9.64. The normalized spacial score (nSPS) is 12.0. The van der Waals surface area contributed by atoms with Gasteiger partial charge in [0.15, 0.2) is 0 Å². The molecule has 0 aromatic carbocycles. The summed E-state index contributed by atoms with van der Waals surface area (Å²) in [4.78, 5) is 0. The molecule has 0 saturated carbocycles. The molecule has 0 spiro atoms. The quantitative estimate of drug-likeness (QED) is 0.750. The van der Waals surface area contributed by atoms with E-state index in [1.54, 1.807) is 33.3 Å². The lowest BCUT2D eigenvalue weighted by atomic mass is 10.0. The molecule has 1 rings (SSSR count). The third-order valence-corrected chi connectivity index (χ3v) is 1.60. The first kappa shape index (κ1) is 9.29. The van der Waals surface area contributed by atoms with Crippen molar-refractivity contribution in [2.24, 2.45) is 0 Å². The van der Waals surface area contributed by atoms with Crippen LogP contribution in [-0.2, 0) is 16.9 Å². The van der Waals surface area contributed by atoms with Gasteiger partial charge in [-0.15, -0.1) is 0 Å². The van der Waals surface area contributed by atoms with E-state index in [-0.39, 0.29) is 0 Å². The summed E-state index contributed by atoms with van der Waals surface area (Å²) >= 11 is 0. The van der Waals surface area contributed by atoms with Crippen LogP contribution in [0.25, 0.3) is 0 Å². The van der Waals surface area contributed by atoms with Crippen molar-refractivity contribution >= 4 is 0 Å². The van der Waals surface area contributed by atoms with E-state index in [4.69, 9.17) is 9.15 Å². The van der Waals surface area contributed by atoms with E-state index in [0.29, 0.717) is 12.4 Å². The molecule has 1 N–H and O–H groups in total. The van der Waals surface area contributed by atoms with Crippen LogP contribution in [0.1, 0.15) is 25.2 Å². The summed E-state index contributed by atoms with van der Waals surface area (Å²) in [5.74, 6) is 0.573. The van der Waals surface area contributed by atoms with Crippen LogP contribution in [0.3, 0.4) is 0 Å². The Morgan fingerprint density at radius 1 is 1.58 bits per heavy atom. The summed E-state index contributed by atoms with van der Waals surface area (Å²) in [6, 6.07) is 1.80. The second-order valence-electron chi connectivity index (χ2n) is 3.27. The molecule has 12 heavy (non-hydrogen) atoms. The van der Waals surface area contributed by atoms with Crippen molar-refractivity contribution < 1.29 is 14.3 Å². The molecule has 0 bridgehead atoms. The molecule has 0 amide bonds. The maximum absolute atomic E-state index is 9.64. The summed E-state index contributed by atoms with van der Waals surface area (Å²) in [6.07, 6.45) is 1.56. The number of furan rings is 1. The Kier molecular flexibility index (Phi) is 2.55. The number of hydrogen-bond acceptors (Lipinski definition) is 3. The highest BCUT2D eigenvalue weighted by Gasteiger charge is 2.23. The van der Waals surface area contributed by atoms with Gasteiger partial charge < -0.3 is 14.3 Å². The van der Waals surface area contributed by atoms with Gasteiger partial charge in [-0.25, -0.2) is 0 Å². The SMILES string of the molecule is COCc1ccoc1C(C)(C)O. The number of hydrogen-bond donors (Lipinski definition) is 1. The monoisotopic (exact) mass is 170 g/mol. The molecule has 3 nitrogen and oxygen atoms in total. The van der Waals surface area contributed by atoms with Crippen molar-refractivity contribution in [2.45, 2.75) is 26.1 Å². The second-order valence-corrected chi connectivity index (χ2v) is 3.27. The number of aliphatic hydroxyl groups is 1. The molecule has 1 aromatic heterocycles. The number of methoxy groups -OCH3 is 1. The van der Waals surface area contributed by atoms with Crippen molar-refractivity contribution in [3.8, 4) is 0 Å². The molecule has 68 valence electrons. The zero-order valence-corrected chi connectivity index (χ0v) is 7.63. The largest absolute Gasteiger partial charge is 0.466 e. The van der Waals surface area contributed by atoms with Crippen molar-refractivity contribution in [3.05, 3.63) is 23.7 Å². The third kappa shape index (κ3) is 1.87. The zero-order valence-electron chi connectivity index (χ0n) is 7.63. The lowest BCUT2D eigenvalue weighted by molar-refractivity contribution is 0.0501. The zero-order chi connectivity index (χ0) is 9.19. The molecule has 0 aliphatic carbocycles. The molecule has 0 aliphatic rings. The molecule has 0 saturated heterocycles. The predicted octanol–water partition coefficient (Wildman–Crippen LogP) is 1.65. The fourth-order valence-electron chi connectivity index (χ4n) is 1.14. The first-order chi connectivity index (χ1) is 5.55. The van der Waals surface area contributed by atoms with Crippen LogP contribution in [0.4, 0.5) is 0 Å². The lowest BCUT2D eigenvalue weighted by Gasteiger charge is -2.15. The average molecular weight is 170 g/mol. The van der Waals surface area contributed by atoms with Gasteiger partial charge in [0.05, 0.1) is 12.9 Å². The van der Waals surface area contributed by atoms with Gasteiger partial charge in [-0.3, -0.25) is 0 Å². The minimum absolute atomic E-state index is 0.468. The van der Waals surface area contributed by atoms with Crippen molar-refractivity contribution in [1.82, 2.24) is 0 Å². The Hall–Kier alpha value is -0.800. The topological polar surface area (TPSA) is 42.6 Å². The van der Waals surface area contributed by atoms with Crippen LogP contribution in [0.2, 0.25) is 0 Å². The van der Waals surface area contributed by atoms with Crippen LogP contribution in [0.15, 0.2) is 16.7 Å². The van der Waals surface area contributed by atoms with Gasteiger partial charge in [0.1, 0.15) is 11.4 Å². The van der Waals surface area contributed by atoms with E-state index in [1.165, 1.54) is 0 Å². The van der Waals surface area contributed by atoms with Gasteiger partial charge in [-0.1, -0.05) is 0 Å². The lowest BCUT2D eigenvalue weighted by Crippen LogP contribution is -2.16. The van der Waals surface area contributed by atoms with E-state index in [0.717, 1.165) is 5.56 Å². The fraction of sp³-hybridized carbons (Fsp3) is 0.556. The van der Waals surface area contributed by atoms with Crippen molar-refractivity contribution in [1.29, 1.82) is 0 Å². The Balaban J connectivity index is 2.91. The van der Waals surface area contributed by atoms with Crippen LogP contribution >= 0.6 is 0 Å². The Bertz CT molecular complexity index is 245. The maximum atomic E-state index is 9.64. The predicted molar refractivity (Wildman–Crippen MR) is 44.7 cm³/mol. The van der Waals surface area contributed by atoms with Gasteiger partial charge >= 0.3 is 0 Å². The summed E-state index contributed by atoms with van der Waals surface area (Å²) in [5.41, 5.74) is -0.0397. The van der Waals surface area contributed by atoms with Crippen molar-refractivity contribution in [3.63, 3.8) is 0 Å². The molecule has 0 unspecified atom stereocenters. The maximum Gasteiger partial charge on any atom is 0.140 e. The summed E-state index contributed by atoms with van der Waals surface area (Å²) in [7, 11) is 1.61. The minimum atomic E-state index is -0.933. The molecule has 0 radical (unpaired) electrons. The molecule has 3 heteroatoms. The molecule has 0 atom stereocenters. The van der Waals surface area contributed by atoms with E-state index >= 15 is 0 Å². The molecule has 1 aromatic rings. The summed E-state index contributed by atoms with van der Waals surface area (Å²) < 4.78 is 10.1. The van der Waals surface area contributed by atoms with Gasteiger partial charge in [-0.05, 0) is 19.9 Å². The van der Waals surface area contributed by atoms with E-state index < -0.39 is 5.60 Å². The van der Waals surface area contributed by atoms with E-state index in [1.807, 2.05) is 0 Å². The van der Waals surface area contributed by atoms with Gasteiger partial charge in [0.2, 0.25) is 0 Å². The smallest absolute Gasteiger partial charge is 0.140 e. The molecule has 0 fully saturated rings. The van der Waals surface area contributed by atoms with Crippen LogP contribution < -0.4 is 0 Å². The van der Waals surface area contributed by atoms with Gasteiger partial charge in [0.25, 0.3) is 0 Å². The first-order valence-corrected chi connectivity index (χ1v) is 3.84. The molecular weight excluding hydrogens is 156 g/mol. The first-order valence-electron chi connectivity index (χ1n) is 3.84. The highest BCUT2D eigenvalue weighted by atomic mass is 16.5. The average Bonchev–Trinajstić information content (AvgIpc) is 2.34. The van der Waals surface area contributed by atoms with Crippen LogP contribution in [-0.4, -0.2) is 12.2 Å². The third-order valence-electron chi connectivity index (χ3n) is 1.60. The standard InChI is InChI=1S/C9H14O3/c1-9(2,10)8-7(6-11-3)4-5-12-8/h4-5,10H,6H2,1-3H3. The van der Waals surface area contributed by atoms with Crippen molar-refractivity contribution in [2.75, 3.05) is 7.11 Å². The molecular formula is C9H14O3. The fourth-order valence-corrected chi connectivity index (χ4v) is 1.14. The molecule has 1 heterocycles. The van der Waals surface area contributed by atoms with Crippen LogP contribution in [0, 0.1) is 0 Å². The highest BCUT2D eigenvalue weighted by molar-refractivity contribution is 5.20. The van der Waals surface area contributed by atoms with Gasteiger partial charge in [-0.2, -0.15) is 0 Å². The van der Waals surface area contributed by atoms with E-state index in [2.05, 4.69) is 0 Å². The van der Waals surface area contributed by atoms with E-state index in [9.17, 15) is 5.11 Å². The Morgan fingerprint density at radius 2 is 2.25 bits per heavy atom. The molecule has 0 aliphatic heterocycles. The highest BCUT2D eigenvalue weighted by Crippen LogP contribution is 2.24. The summed E-state index contributed by atoms with van der Waals surface area (Å²) in [6.45, 7) is 3.84. The minimum Gasteiger partial charge on any atom is -0.466 e. The van der Waals surface area contributed by atoms with Crippen LogP contribution in [0.5, 0.6) is 0 Å². The second kappa shape index (κ2) is 3.29. The Morgan fingerprint density at radius 3 is 2.75 bits per heavy atom. The number of ether oxygens (including phenoxy) is 1. The van der Waals surface area contributed by atoms with Gasteiger partial charge in [0, 0.05) is 12.7 Å².